The molecule has 0 saturated heterocycles. The Kier molecular flexibility index (Phi) is 5.69. The number of methoxy groups -OCH3 is 2. The minimum Gasteiger partial charge on any atom is -0.493 e. The summed E-state index contributed by atoms with van der Waals surface area (Å²) in [5.74, 6) is 2.27. The number of benzene rings is 1. The minimum absolute atomic E-state index is 0.00193. The second-order valence-electron chi connectivity index (χ2n) is 3.35. The van der Waals surface area contributed by atoms with Crippen LogP contribution in [-0.2, 0) is 4.79 Å². The van der Waals surface area contributed by atoms with Gasteiger partial charge in [-0.25, -0.2) is 0 Å². The summed E-state index contributed by atoms with van der Waals surface area (Å²) >= 11 is 1.66. The van der Waals surface area contributed by atoms with E-state index in [9.17, 15) is 4.79 Å². The smallest absolute Gasteiger partial charge is 0.216 e. The second kappa shape index (κ2) is 7.06. The molecule has 1 N–H and O–H groups in total. The molecule has 17 heavy (non-hydrogen) atoms. The van der Waals surface area contributed by atoms with Gasteiger partial charge >= 0.3 is 0 Å². The van der Waals surface area contributed by atoms with E-state index in [2.05, 4.69) is 5.32 Å². The summed E-state index contributed by atoms with van der Waals surface area (Å²) in [4.78, 5) is 11.8. The molecule has 0 saturated carbocycles. The van der Waals surface area contributed by atoms with E-state index in [0.29, 0.717) is 6.54 Å². The van der Waals surface area contributed by atoms with Gasteiger partial charge in [-0.05, 0) is 18.2 Å². The predicted molar refractivity (Wildman–Crippen MR) is 69.0 cm³/mol. The molecule has 0 aliphatic rings. The molecule has 0 aliphatic carbocycles. The molecule has 1 amide bonds. The first-order chi connectivity index (χ1) is 8.17. The van der Waals surface area contributed by atoms with Gasteiger partial charge in [0.25, 0.3) is 0 Å². The van der Waals surface area contributed by atoms with Gasteiger partial charge in [-0.15, -0.1) is 11.8 Å². The van der Waals surface area contributed by atoms with Crippen molar-refractivity contribution >= 4 is 17.7 Å². The summed E-state index contributed by atoms with van der Waals surface area (Å²) in [7, 11) is 3.23. The first kappa shape index (κ1) is 13.7. The molecular weight excluding hydrogens is 238 g/mol. The lowest BCUT2D eigenvalue weighted by molar-refractivity contribution is -0.118. The molecule has 0 aromatic heterocycles. The minimum atomic E-state index is -0.00193. The predicted octanol–water partition coefficient (Wildman–Crippen LogP) is 1.93. The van der Waals surface area contributed by atoms with Crippen molar-refractivity contribution in [1.29, 1.82) is 0 Å². The van der Waals surface area contributed by atoms with Gasteiger partial charge in [0.2, 0.25) is 5.91 Å². The largest absolute Gasteiger partial charge is 0.493 e. The van der Waals surface area contributed by atoms with Crippen LogP contribution in [0.15, 0.2) is 23.1 Å². The number of hydrogen-bond acceptors (Lipinski definition) is 4. The zero-order valence-electron chi connectivity index (χ0n) is 10.3. The van der Waals surface area contributed by atoms with Crippen LogP contribution in [0.1, 0.15) is 6.92 Å². The van der Waals surface area contributed by atoms with Crippen molar-refractivity contribution in [2.24, 2.45) is 0 Å². The van der Waals surface area contributed by atoms with Crippen LogP contribution in [0, 0.1) is 0 Å². The summed E-state index contributed by atoms with van der Waals surface area (Å²) in [5, 5.41) is 2.75. The number of carbonyl (C=O) groups excluding carboxylic acids is 1. The number of nitrogens with one attached hydrogen (secondary N) is 1. The Balaban J connectivity index is 2.51. The van der Waals surface area contributed by atoms with Crippen LogP contribution in [0.2, 0.25) is 0 Å². The summed E-state index contributed by atoms with van der Waals surface area (Å²) in [6.07, 6.45) is 0. The molecule has 1 aromatic rings. The molecule has 0 aliphatic heterocycles. The highest BCUT2D eigenvalue weighted by molar-refractivity contribution is 7.99. The first-order valence-corrected chi connectivity index (χ1v) is 6.25. The normalized spacial score (nSPS) is 9.82. The molecule has 5 heteroatoms. The topological polar surface area (TPSA) is 47.6 Å². The molecule has 1 aromatic carbocycles. The monoisotopic (exact) mass is 255 g/mol. The van der Waals surface area contributed by atoms with Gasteiger partial charge in [-0.2, -0.15) is 0 Å². The highest BCUT2D eigenvalue weighted by Gasteiger charge is 2.04. The zero-order chi connectivity index (χ0) is 12.7. The van der Waals surface area contributed by atoms with Gasteiger partial charge in [0.1, 0.15) is 0 Å². The Labute approximate surface area is 106 Å². The fraction of sp³-hybridized carbons (Fsp3) is 0.417. The zero-order valence-corrected chi connectivity index (χ0v) is 11.1. The summed E-state index contributed by atoms with van der Waals surface area (Å²) < 4.78 is 10.4. The average molecular weight is 255 g/mol. The SMILES string of the molecule is COc1ccc(SCCNC(C)=O)cc1OC. The van der Waals surface area contributed by atoms with Crippen molar-refractivity contribution in [2.75, 3.05) is 26.5 Å². The van der Waals surface area contributed by atoms with E-state index in [-0.39, 0.29) is 5.91 Å². The molecule has 0 unspecified atom stereocenters. The van der Waals surface area contributed by atoms with E-state index < -0.39 is 0 Å². The van der Waals surface area contributed by atoms with Crippen LogP contribution in [0.3, 0.4) is 0 Å². The molecular formula is C12H17NO3S. The molecule has 94 valence electrons. The third kappa shape index (κ3) is 4.56. The summed E-state index contributed by atoms with van der Waals surface area (Å²) in [6, 6.07) is 5.77. The van der Waals surface area contributed by atoms with Gasteiger partial charge in [0, 0.05) is 24.1 Å². The lowest BCUT2D eigenvalue weighted by atomic mass is 10.3. The Morgan fingerprint density at radius 1 is 1.29 bits per heavy atom. The maximum Gasteiger partial charge on any atom is 0.216 e. The van der Waals surface area contributed by atoms with Gasteiger partial charge in [-0.1, -0.05) is 0 Å². The van der Waals surface area contributed by atoms with Crippen LogP contribution in [0.4, 0.5) is 0 Å². The number of carbonyl (C=O) groups is 1. The van der Waals surface area contributed by atoms with E-state index in [1.165, 1.54) is 6.92 Å². The van der Waals surface area contributed by atoms with Crippen molar-refractivity contribution in [3.63, 3.8) is 0 Å². The average Bonchev–Trinajstić information content (AvgIpc) is 2.34. The third-order valence-electron chi connectivity index (χ3n) is 2.10. The van der Waals surface area contributed by atoms with Crippen LogP contribution in [0.25, 0.3) is 0 Å². The number of thioether (sulfide) groups is 1. The van der Waals surface area contributed by atoms with E-state index in [1.54, 1.807) is 26.0 Å². The number of ether oxygens (including phenoxy) is 2. The Bertz CT molecular complexity index is 382. The molecule has 0 heterocycles. The van der Waals surface area contributed by atoms with E-state index >= 15 is 0 Å². The highest BCUT2D eigenvalue weighted by Crippen LogP contribution is 2.31. The van der Waals surface area contributed by atoms with Crippen molar-refractivity contribution < 1.29 is 14.3 Å². The summed E-state index contributed by atoms with van der Waals surface area (Å²) in [5.41, 5.74) is 0. The standard InChI is InChI=1S/C12H17NO3S/c1-9(14)13-6-7-17-10-4-5-11(15-2)12(8-10)16-3/h4-5,8H,6-7H2,1-3H3,(H,13,14). The van der Waals surface area contributed by atoms with E-state index in [1.807, 2.05) is 18.2 Å². The van der Waals surface area contributed by atoms with E-state index in [4.69, 9.17) is 9.47 Å². The maximum atomic E-state index is 10.7. The fourth-order valence-corrected chi connectivity index (χ4v) is 2.10. The van der Waals surface area contributed by atoms with Crippen LogP contribution < -0.4 is 14.8 Å². The van der Waals surface area contributed by atoms with Crippen molar-refractivity contribution in [1.82, 2.24) is 5.32 Å². The third-order valence-corrected chi connectivity index (χ3v) is 3.10. The van der Waals surface area contributed by atoms with Crippen molar-refractivity contribution in [3.8, 4) is 11.5 Å². The molecule has 4 nitrogen and oxygen atoms in total. The molecule has 0 bridgehead atoms. The molecule has 0 atom stereocenters. The van der Waals surface area contributed by atoms with E-state index in [0.717, 1.165) is 22.1 Å². The van der Waals surface area contributed by atoms with Gasteiger partial charge in [0.15, 0.2) is 11.5 Å². The molecule has 0 radical (unpaired) electrons. The number of rotatable bonds is 6. The maximum absolute atomic E-state index is 10.7. The summed E-state index contributed by atoms with van der Waals surface area (Å²) in [6.45, 7) is 2.18. The Morgan fingerprint density at radius 2 is 2.00 bits per heavy atom. The van der Waals surface area contributed by atoms with Gasteiger partial charge in [-0.3, -0.25) is 4.79 Å². The lowest BCUT2D eigenvalue weighted by Crippen LogP contribution is -2.22. The van der Waals surface area contributed by atoms with Crippen molar-refractivity contribution in [3.05, 3.63) is 18.2 Å². The van der Waals surface area contributed by atoms with Crippen LogP contribution in [-0.4, -0.2) is 32.4 Å². The lowest BCUT2D eigenvalue weighted by Gasteiger charge is -2.09. The van der Waals surface area contributed by atoms with Crippen LogP contribution >= 0.6 is 11.8 Å². The molecule has 1 rings (SSSR count). The number of hydrogen-bond donors (Lipinski definition) is 1. The van der Waals surface area contributed by atoms with Crippen molar-refractivity contribution in [2.45, 2.75) is 11.8 Å². The van der Waals surface area contributed by atoms with Gasteiger partial charge in [0.05, 0.1) is 14.2 Å². The Morgan fingerprint density at radius 3 is 2.59 bits per heavy atom. The molecule has 0 fully saturated rings. The fourth-order valence-electron chi connectivity index (χ4n) is 1.30. The first-order valence-electron chi connectivity index (χ1n) is 5.26. The molecule has 0 spiro atoms. The Hall–Kier alpha value is -1.36. The van der Waals surface area contributed by atoms with Crippen LogP contribution in [0.5, 0.6) is 11.5 Å². The quantitative estimate of drug-likeness (QED) is 0.623. The second-order valence-corrected chi connectivity index (χ2v) is 4.52. The van der Waals surface area contributed by atoms with Gasteiger partial charge < -0.3 is 14.8 Å². The number of amides is 1. The highest BCUT2D eigenvalue weighted by atomic mass is 32.2.